The maximum atomic E-state index is 11.8. The second-order valence-corrected chi connectivity index (χ2v) is 21.5. The third-order valence-electron chi connectivity index (χ3n) is 12.1. The van der Waals surface area contributed by atoms with Crippen LogP contribution in [0.1, 0.15) is 258 Å². The predicted octanol–water partition coefficient (Wildman–Crippen LogP) is 13.6. The van der Waals surface area contributed by atoms with Crippen molar-refractivity contribution in [3.8, 4) is 0 Å². The van der Waals surface area contributed by atoms with Crippen molar-refractivity contribution in [3.63, 3.8) is 0 Å². The van der Waals surface area contributed by atoms with E-state index in [9.17, 15) is 35.5 Å². The molecule has 0 aliphatic heterocycles. The van der Waals surface area contributed by atoms with Crippen LogP contribution >= 0.6 is 0 Å². The molecule has 380 valence electrons. The van der Waals surface area contributed by atoms with Gasteiger partial charge in [-0.3, -0.25) is 9.59 Å². The van der Waals surface area contributed by atoms with Crippen molar-refractivity contribution in [1.82, 2.24) is 9.80 Å². The van der Waals surface area contributed by atoms with E-state index in [4.69, 9.17) is 0 Å². The van der Waals surface area contributed by atoms with Gasteiger partial charge in [0.05, 0.1) is 31.7 Å². The van der Waals surface area contributed by atoms with Crippen molar-refractivity contribution in [1.29, 1.82) is 0 Å². The average molecular weight is 986 g/mol. The van der Waals surface area contributed by atoms with Gasteiger partial charge in [-0.15, -0.1) is 0 Å². The zero-order valence-electron chi connectivity index (χ0n) is 42.7. The molecule has 65 heavy (non-hydrogen) atoms. The van der Waals surface area contributed by atoms with Gasteiger partial charge in [-0.1, -0.05) is 244 Å². The Balaban J connectivity index is -0.00000116. The minimum atomic E-state index is -4.28. The second-order valence-electron chi connectivity index (χ2n) is 18.4. The number of hydrogen-bond acceptors (Lipinski definition) is 8. The minimum absolute atomic E-state index is 0. The first kappa shape index (κ1) is 68.8. The Kier molecular flexibility index (Phi) is 54.3. The van der Waals surface area contributed by atoms with E-state index in [2.05, 4.69) is 13.8 Å². The summed E-state index contributed by atoms with van der Waals surface area (Å²) in [5.74, 6) is -1.59. The summed E-state index contributed by atoms with van der Waals surface area (Å²) >= 11 is 0. The number of carbonyl (C=O) groups is 2. The molecule has 0 spiro atoms. The molecule has 0 rings (SSSR count). The number of unbranched alkanes of at least 4 members (excludes halogenated alkanes) is 36. The molecule has 0 unspecified atom stereocenters. The zero-order valence-corrected chi connectivity index (χ0v) is 46.5. The Morgan fingerprint density at radius 1 is 0.369 bits per heavy atom. The van der Waals surface area contributed by atoms with Gasteiger partial charge in [0.25, 0.3) is 0 Å². The zero-order chi connectivity index (χ0) is 47.8. The SMILES string of the molecule is CCCCCCCCCCCCCCCCCCCC/C=C/C(=O)N(C)CCS(=O)(=O)[O-].CCCCCCCCCCCCCCCCCCCC/C=C/C(=O)N(C)CCS(=O)(=O)[O-].[Ca+2]. The number of nitrogens with zero attached hydrogens (tertiary/aromatic N) is 2. The number of carbonyl (C=O) groups excluding carboxylic acids is 2. The van der Waals surface area contributed by atoms with E-state index in [0.717, 1.165) is 25.7 Å². The summed E-state index contributed by atoms with van der Waals surface area (Å²) in [6.07, 6.45) is 57.2. The van der Waals surface area contributed by atoms with Crippen molar-refractivity contribution >= 4 is 69.8 Å². The number of rotatable bonds is 46. The van der Waals surface area contributed by atoms with E-state index in [1.54, 1.807) is 0 Å². The van der Waals surface area contributed by atoms with Crippen molar-refractivity contribution < 1.29 is 35.5 Å². The Hall–Kier alpha value is -0.500. The van der Waals surface area contributed by atoms with E-state index >= 15 is 0 Å². The van der Waals surface area contributed by atoms with Gasteiger partial charge in [0.15, 0.2) is 0 Å². The van der Waals surface area contributed by atoms with Gasteiger partial charge in [-0.25, -0.2) is 16.8 Å². The number of amides is 2. The van der Waals surface area contributed by atoms with Gasteiger partial charge in [0.2, 0.25) is 11.8 Å². The van der Waals surface area contributed by atoms with Gasteiger partial charge in [-0.05, 0) is 37.8 Å². The summed E-state index contributed by atoms with van der Waals surface area (Å²) in [6, 6.07) is 0. The molecule has 0 aromatic carbocycles. The van der Waals surface area contributed by atoms with Crippen LogP contribution < -0.4 is 0 Å². The Bertz CT molecular complexity index is 1230. The van der Waals surface area contributed by atoms with Gasteiger partial charge < -0.3 is 18.9 Å². The van der Waals surface area contributed by atoms with Gasteiger partial charge in [0.1, 0.15) is 0 Å². The van der Waals surface area contributed by atoms with E-state index in [0.29, 0.717) is 0 Å². The molecule has 0 bridgehead atoms. The standard InChI is InChI=1S/2C26H51NO4S.Ca/c2*1-3-4-5-6-7-8-9-10-11-12-13-14-15-16-17-18-19-20-21-22-23-26(28)27(2)24-25-32(29,30)31;/h2*22-23H,3-21,24-25H2,1-2H3,(H,29,30,31);/q;;+2/p-2/b2*23-22+;. The quantitative estimate of drug-likeness (QED) is 0.0253. The molecule has 0 aliphatic rings. The summed E-state index contributed by atoms with van der Waals surface area (Å²) in [5.41, 5.74) is 0. The first-order valence-corrected chi connectivity index (χ1v) is 29.6. The maximum absolute atomic E-state index is 11.8. The Morgan fingerprint density at radius 3 is 0.738 bits per heavy atom. The third kappa shape index (κ3) is 59.6. The third-order valence-corrected chi connectivity index (χ3v) is 13.4. The summed E-state index contributed by atoms with van der Waals surface area (Å²) in [5, 5.41) is 0. The van der Waals surface area contributed by atoms with Crippen LogP contribution in [-0.2, 0) is 29.8 Å². The molecule has 0 saturated heterocycles. The fourth-order valence-electron chi connectivity index (χ4n) is 7.67. The number of likely N-dealkylation sites (N-methyl/N-ethyl adjacent to an activating group) is 2. The smallest absolute Gasteiger partial charge is 0.748 e. The molecule has 10 nitrogen and oxygen atoms in total. The number of hydrogen-bond donors (Lipinski definition) is 0. The van der Waals surface area contributed by atoms with Crippen LogP contribution in [0, 0.1) is 0 Å². The van der Waals surface area contributed by atoms with Gasteiger partial charge in [-0.2, -0.15) is 0 Å². The molecule has 0 N–H and O–H groups in total. The second kappa shape index (κ2) is 51.4. The van der Waals surface area contributed by atoms with Crippen LogP contribution in [0.2, 0.25) is 0 Å². The molecule has 0 saturated carbocycles. The molecule has 0 heterocycles. The topological polar surface area (TPSA) is 155 Å². The summed E-state index contributed by atoms with van der Waals surface area (Å²) < 4.78 is 63.6. The van der Waals surface area contributed by atoms with Crippen LogP contribution in [-0.4, -0.2) is 124 Å². The van der Waals surface area contributed by atoms with E-state index < -0.39 is 31.7 Å². The van der Waals surface area contributed by atoms with Crippen LogP contribution in [0.15, 0.2) is 24.3 Å². The first-order chi connectivity index (χ1) is 30.7. The molecule has 0 radical (unpaired) electrons. The number of allylic oxidation sites excluding steroid dienone is 2. The largest absolute Gasteiger partial charge is 2.00 e. The molecule has 13 heteroatoms. The van der Waals surface area contributed by atoms with Crippen LogP contribution in [0.4, 0.5) is 0 Å². The van der Waals surface area contributed by atoms with Gasteiger partial charge in [0, 0.05) is 27.2 Å². The fourth-order valence-corrected chi connectivity index (χ4v) is 8.66. The summed E-state index contributed by atoms with van der Waals surface area (Å²) in [7, 11) is -5.54. The normalized spacial score (nSPS) is 11.8. The van der Waals surface area contributed by atoms with E-state index in [-0.39, 0.29) is 62.6 Å². The predicted molar refractivity (Wildman–Crippen MR) is 275 cm³/mol. The molecule has 0 aromatic rings. The summed E-state index contributed by atoms with van der Waals surface area (Å²) in [4.78, 5) is 26.1. The van der Waals surface area contributed by atoms with Crippen molar-refractivity contribution in [2.24, 2.45) is 0 Å². The van der Waals surface area contributed by atoms with E-state index in [1.807, 2.05) is 12.2 Å². The minimum Gasteiger partial charge on any atom is -0.748 e. The van der Waals surface area contributed by atoms with Crippen molar-refractivity contribution in [3.05, 3.63) is 24.3 Å². The molecule has 0 atom stereocenters. The maximum Gasteiger partial charge on any atom is 2.00 e. The molecule has 0 aliphatic carbocycles. The molecular formula is C52H100CaN2O8S2. The molecule has 2 amide bonds. The monoisotopic (exact) mass is 985 g/mol. The van der Waals surface area contributed by atoms with Crippen molar-refractivity contribution in [2.45, 2.75) is 258 Å². The average Bonchev–Trinajstić information content (AvgIpc) is 3.25. The van der Waals surface area contributed by atoms with Crippen molar-refractivity contribution in [2.75, 3.05) is 38.7 Å². The molecular weight excluding hydrogens is 885 g/mol. The van der Waals surface area contributed by atoms with E-state index in [1.165, 1.54) is 254 Å². The molecule has 0 aromatic heterocycles. The van der Waals surface area contributed by atoms with Gasteiger partial charge >= 0.3 is 37.7 Å². The molecule has 0 fully saturated rings. The Labute approximate surface area is 432 Å². The van der Waals surface area contributed by atoms with Crippen LogP contribution in [0.3, 0.4) is 0 Å². The Morgan fingerprint density at radius 2 is 0.554 bits per heavy atom. The first-order valence-electron chi connectivity index (χ1n) is 26.4. The fraction of sp³-hybridized carbons (Fsp3) is 0.885. The summed E-state index contributed by atoms with van der Waals surface area (Å²) in [6.45, 7) is 4.43. The van der Waals surface area contributed by atoms with Crippen LogP contribution in [0.5, 0.6) is 0 Å². The van der Waals surface area contributed by atoms with Crippen LogP contribution in [0.25, 0.3) is 0 Å².